The van der Waals surface area contributed by atoms with Crippen molar-refractivity contribution in [2.75, 3.05) is 6.61 Å². The van der Waals surface area contributed by atoms with E-state index < -0.39 is 18.2 Å². The predicted molar refractivity (Wildman–Crippen MR) is 128 cm³/mol. The van der Waals surface area contributed by atoms with E-state index in [9.17, 15) is 15.0 Å². The van der Waals surface area contributed by atoms with Gasteiger partial charge in [-0.05, 0) is 69.1 Å². The molecule has 6 heteroatoms. The highest BCUT2D eigenvalue weighted by atomic mass is 16.7. The molecule has 2 saturated carbocycles. The first-order valence-corrected chi connectivity index (χ1v) is 13.2. The van der Waals surface area contributed by atoms with E-state index in [1.54, 1.807) is 0 Å². The Bertz CT molecular complexity index is 641. The van der Waals surface area contributed by atoms with Gasteiger partial charge in [0.2, 0.25) is 0 Å². The lowest BCUT2D eigenvalue weighted by Crippen LogP contribution is -2.31. The van der Waals surface area contributed by atoms with Crippen LogP contribution in [0.25, 0.3) is 0 Å². The SMILES string of the molecule is CCC1CCC([C@H](O)/C=C/[C@@H]2[C@@H](C/C=C\CCCC(=O)O)[C@@H](O)C[C@H]2OC2CCCCO2)C1. The molecule has 33 heavy (non-hydrogen) atoms. The maximum Gasteiger partial charge on any atom is 0.303 e. The van der Waals surface area contributed by atoms with Crippen LogP contribution in [0.2, 0.25) is 0 Å². The molecule has 188 valence electrons. The Labute approximate surface area is 199 Å². The number of carboxylic acids is 1. The molecule has 8 atom stereocenters. The Morgan fingerprint density at radius 3 is 2.73 bits per heavy atom. The third-order valence-corrected chi connectivity index (χ3v) is 7.87. The largest absolute Gasteiger partial charge is 0.481 e. The molecule has 0 radical (unpaired) electrons. The van der Waals surface area contributed by atoms with E-state index in [0.717, 1.165) is 51.0 Å². The minimum atomic E-state index is -0.768. The fraction of sp³-hybridized carbons (Fsp3) is 0.815. The molecular formula is C27H44O6. The number of carbonyl (C=O) groups is 1. The summed E-state index contributed by atoms with van der Waals surface area (Å²) in [6.45, 7) is 2.95. The summed E-state index contributed by atoms with van der Waals surface area (Å²) in [7, 11) is 0. The van der Waals surface area contributed by atoms with Gasteiger partial charge in [0.1, 0.15) is 0 Å². The maximum absolute atomic E-state index is 10.8. The summed E-state index contributed by atoms with van der Waals surface area (Å²) in [5.74, 6) is 0.323. The van der Waals surface area contributed by atoms with Gasteiger partial charge < -0.3 is 24.8 Å². The smallest absolute Gasteiger partial charge is 0.303 e. The quantitative estimate of drug-likeness (QED) is 0.282. The molecule has 0 bridgehead atoms. The van der Waals surface area contributed by atoms with Gasteiger partial charge in [-0.2, -0.15) is 0 Å². The van der Waals surface area contributed by atoms with Crippen LogP contribution in [-0.4, -0.2) is 52.5 Å². The lowest BCUT2D eigenvalue weighted by Gasteiger charge is -2.29. The van der Waals surface area contributed by atoms with Crippen molar-refractivity contribution in [1.29, 1.82) is 0 Å². The van der Waals surface area contributed by atoms with Gasteiger partial charge in [0.15, 0.2) is 6.29 Å². The normalized spacial score (nSPS) is 36.2. The zero-order chi connectivity index (χ0) is 23.6. The number of rotatable bonds is 12. The van der Waals surface area contributed by atoms with Crippen molar-refractivity contribution in [3.8, 4) is 0 Å². The van der Waals surface area contributed by atoms with Gasteiger partial charge >= 0.3 is 5.97 Å². The Hall–Kier alpha value is -1.21. The third-order valence-electron chi connectivity index (χ3n) is 7.87. The van der Waals surface area contributed by atoms with Crippen molar-refractivity contribution in [1.82, 2.24) is 0 Å². The van der Waals surface area contributed by atoms with Crippen LogP contribution < -0.4 is 0 Å². The van der Waals surface area contributed by atoms with Gasteiger partial charge in [0, 0.05) is 25.4 Å². The van der Waals surface area contributed by atoms with Crippen LogP contribution in [0, 0.1) is 23.7 Å². The summed E-state index contributed by atoms with van der Waals surface area (Å²) in [5, 5.41) is 30.5. The van der Waals surface area contributed by atoms with Crippen LogP contribution in [0.1, 0.15) is 84.0 Å². The van der Waals surface area contributed by atoms with Crippen molar-refractivity contribution in [3.63, 3.8) is 0 Å². The van der Waals surface area contributed by atoms with Crippen molar-refractivity contribution >= 4 is 5.97 Å². The van der Waals surface area contributed by atoms with Crippen LogP contribution in [-0.2, 0) is 14.3 Å². The second kappa shape index (κ2) is 13.6. The highest BCUT2D eigenvalue weighted by Gasteiger charge is 2.42. The Kier molecular flexibility index (Phi) is 10.9. The average molecular weight is 465 g/mol. The predicted octanol–water partition coefficient (Wildman–Crippen LogP) is 4.84. The number of aliphatic hydroxyl groups excluding tert-OH is 2. The summed E-state index contributed by atoms with van der Waals surface area (Å²) >= 11 is 0. The minimum Gasteiger partial charge on any atom is -0.481 e. The van der Waals surface area contributed by atoms with Gasteiger partial charge in [-0.25, -0.2) is 0 Å². The standard InChI is InChI=1S/C27H44O6/c1-2-19-12-13-20(17-19)23(28)15-14-22-21(9-5-3-4-6-10-26(30)31)24(29)18-25(22)33-27-11-7-8-16-32-27/h3,5,14-15,19-25,27-29H,2,4,6-13,16-18H2,1H3,(H,30,31)/b5-3-,15-14+/t19?,20?,21-,22-,23-,24+,25-,27?/m1/s1. The number of hydrogen-bond donors (Lipinski definition) is 3. The topological polar surface area (TPSA) is 96.2 Å². The molecule has 3 aliphatic rings. The van der Waals surface area contributed by atoms with Crippen molar-refractivity contribution in [2.45, 2.75) is 109 Å². The van der Waals surface area contributed by atoms with Gasteiger partial charge in [-0.3, -0.25) is 4.79 Å². The van der Waals surface area contributed by atoms with Crippen LogP contribution in [0.4, 0.5) is 0 Å². The highest BCUT2D eigenvalue weighted by Crippen LogP contribution is 2.40. The number of unbranched alkanes of at least 4 members (excludes halogenated alkanes) is 1. The van der Waals surface area contributed by atoms with Crippen molar-refractivity contribution < 1.29 is 29.6 Å². The maximum atomic E-state index is 10.8. The molecule has 3 unspecified atom stereocenters. The molecule has 3 N–H and O–H groups in total. The van der Waals surface area contributed by atoms with E-state index in [4.69, 9.17) is 14.6 Å². The Morgan fingerprint density at radius 1 is 1.18 bits per heavy atom. The summed E-state index contributed by atoms with van der Waals surface area (Å²) < 4.78 is 12.1. The fourth-order valence-electron chi connectivity index (χ4n) is 5.78. The molecule has 1 saturated heterocycles. The molecule has 0 aromatic heterocycles. The molecule has 0 aromatic rings. The van der Waals surface area contributed by atoms with Crippen LogP contribution in [0.3, 0.4) is 0 Å². The molecule has 6 nitrogen and oxygen atoms in total. The monoisotopic (exact) mass is 464 g/mol. The van der Waals surface area contributed by atoms with Crippen molar-refractivity contribution in [3.05, 3.63) is 24.3 Å². The van der Waals surface area contributed by atoms with E-state index in [1.165, 1.54) is 12.8 Å². The van der Waals surface area contributed by atoms with Crippen LogP contribution in [0.5, 0.6) is 0 Å². The molecule has 0 spiro atoms. The summed E-state index contributed by atoms with van der Waals surface area (Å²) in [4.78, 5) is 10.7. The number of carboxylic acid groups (broad SMARTS) is 1. The minimum absolute atomic E-state index is 0.0183. The molecule has 1 aliphatic heterocycles. The van der Waals surface area contributed by atoms with E-state index in [1.807, 2.05) is 12.2 Å². The van der Waals surface area contributed by atoms with Crippen LogP contribution >= 0.6 is 0 Å². The second-order valence-corrected chi connectivity index (χ2v) is 10.2. The molecule has 1 heterocycles. The van der Waals surface area contributed by atoms with Crippen LogP contribution in [0.15, 0.2) is 24.3 Å². The molecular weight excluding hydrogens is 420 g/mol. The van der Waals surface area contributed by atoms with Gasteiger partial charge in [0.25, 0.3) is 0 Å². The number of allylic oxidation sites excluding steroid dienone is 2. The van der Waals surface area contributed by atoms with E-state index in [-0.39, 0.29) is 30.7 Å². The number of ether oxygens (including phenoxy) is 2. The molecule has 2 aliphatic carbocycles. The average Bonchev–Trinajstić information content (AvgIpc) is 3.40. The summed E-state index contributed by atoms with van der Waals surface area (Å²) in [6.07, 6.45) is 17.3. The zero-order valence-corrected chi connectivity index (χ0v) is 20.2. The first-order valence-electron chi connectivity index (χ1n) is 13.2. The van der Waals surface area contributed by atoms with E-state index >= 15 is 0 Å². The Morgan fingerprint density at radius 2 is 2.03 bits per heavy atom. The summed E-state index contributed by atoms with van der Waals surface area (Å²) in [6, 6.07) is 0. The third kappa shape index (κ3) is 8.20. The highest BCUT2D eigenvalue weighted by molar-refractivity contribution is 5.66. The zero-order valence-electron chi connectivity index (χ0n) is 20.2. The van der Waals surface area contributed by atoms with Gasteiger partial charge in [-0.15, -0.1) is 0 Å². The first-order chi connectivity index (χ1) is 16.0. The summed E-state index contributed by atoms with van der Waals surface area (Å²) in [5.41, 5.74) is 0. The lowest BCUT2D eigenvalue weighted by molar-refractivity contribution is -0.193. The van der Waals surface area contributed by atoms with E-state index in [0.29, 0.717) is 25.2 Å². The molecule has 3 rings (SSSR count). The van der Waals surface area contributed by atoms with Crippen molar-refractivity contribution in [2.24, 2.45) is 23.7 Å². The lowest BCUT2D eigenvalue weighted by atomic mass is 9.88. The van der Waals surface area contributed by atoms with Gasteiger partial charge in [0.05, 0.1) is 18.3 Å². The number of aliphatic hydroxyl groups is 2. The second-order valence-electron chi connectivity index (χ2n) is 10.2. The first kappa shape index (κ1) is 26.4. The Balaban J connectivity index is 1.61. The molecule has 0 amide bonds. The number of hydrogen-bond acceptors (Lipinski definition) is 5. The molecule has 0 aromatic carbocycles. The fourth-order valence-corrected chi connectivity index (χ4v) is 5.78. The van der Waals surface area contributed by atoms with Gasteiger partial charge in [-0.1, -0.05) is 44.1 Å². The number of aliphatic carboxylic acids is 1. The van der Waals surface area contributed by atoms with E-state index in [2.05, 4.69) is 19.1 Å². The molecule has 3 fully saturated rings.